The van der Waals surface area contributed by atoms with E-state index < -0.39 is 0 Å². The van der Waals surface area contributed by atoms with Gasteiger partial charge in [0.05, 0.1) is 12.1 Å². The van der Waals surface area contributed by atoms with Crippen molar-refractivity contribution < 1.29 is 9.52 Å². The van der Waals surface area contributed by atoms with Crippen molar-refractivity contribution in [3.8, 4) is 0 Å². The minimum Gasteiger partial charge on any atom is -0.424 e. The van der Waals surface area contributed by atoms with Gasteiger partial charge in [-0.05, 0) is 31.0 Å². The summed E-state index contributed by atoms with van der Waals surface area (Å²) in [7, 11) is 0. The molecule has 1 aromatic carbocycles. The normalized spacial score (nSPS) is 17.6. The van der Waals surface area contributed by atoms with Gasteiger partial charge in [0.25, 0.3) is 6.01 Å². The molecule has 16 heavy (non-hydrogen) atoms. The summed E-state index contributed by atoms with van der Waals surface area (Å²) in [6.45, 7) is 0.105. The average molecular weight is 219 g/mol. The van der Waals surface area contributed by atoms with Crippen LogP contribution in [0.4, 0.5) is 11.7 Å². The molecule has 0 amide bonds. The van der Waals surface area contributed by atoms with E-state index in [-0.39, 0.29) is 12.1 Å². The van der Waals surface area contributed by atoms with Crippen molar-refractivity contribution in [1.29, 1.82) is 0 Å². The number of hydrogen-bond acceptors (Lipinski definition) is 5. The maximum absolute atomic E-state index is 9.18. The van der Waals surface area contributed by atoms with Crippen molar-refractivity contribution >= 4 is 22.8 Å². The molecule has 1 fully saturated rings. The van der Waals surface area contributed by atoms with E-state index in [2.05, 4.69) is 10.3 Å². The van der Waals surface area contributed by atoms with E-state index in [1.54, 1.807) is 18.2 Å². The fraction of sp³-hybridized carbons (Fsp3) is 0.364. The Hall–Kier alpha value is -1.75. The zero-order valence-corrected chi connectivity index (χ0v) is 8.73. The summed E-state index contributed by atoms with van der Waals surface area (Å²) in [5, 5.41) is 12.3. The van der Waals surface area contributed by atoms with Gasteiger partial charge in [-0.25, -0.2) is 0 Å². The number of aliphatic hydroxyl groups excluding tert-OH is 1. The molecule has 0 unspecified atom stereocenters. The highest BCUT2D eigenvalue weighted by Crippen LogP contribution is 2.38. The summed E-state index contributed by atoms with van der Waals surface area (Å²) in [6, 6.07) is 5.78. The molecule has 84 valence electrons. The van der Waals surface area contributed by atoms with Gasteiger partial charge in [-0.1, -0.05) is 0 Å². The van der Waals surface area contributed by atoms with Gasteiger partial charge in [0, 0.05) is 5.69 Å². The highest BCUT2D eigenvalue weighted by Gasteiger charge is 2.43. The molecule has 3 rings (SSSR count). The zero-order chi connectivity index (χ0) is 11.2. The summed E-state index contributed by atoms with van der Waals surface area (Å²) in [5.74, 6) is 0. The first kappa shape index (κ1) is 9.47. The molecule has 1 aliphatic carbocycles. The molecule has 0 saturated heterocycles. The molecule has 0 atom stereocenters. The van der Waals surface area contributed by atoms with Crippen LogP contribution < -0.4 is 11.1 Å². The van der Waals surface area contributed by atoms with Crippen LogP contribution in [0, 0.1) is 0 Å². The Bertz CT molecular complexity index is 531. The Kier molecular flexibility index (Phi) is 1.85. The number of nitrogens with one attached hydrogen (secondary N) is 1. The number of nitrogen functional groups attached to an aromatic ring is 1. The third-order valence-electron chi connectivity index (χ3n) is 2.94. The van der Waals surface area contributed by atoms with Gasteiger partial charge in [-0.3, -0.25) is 0 Å². The monoisotopic (exact) mass is 219 g/mol. The predicted molar refractivity (Wildman–Crippen MR) is 61.1 cm³/mol. The Morgan fingerprint density at radius 1 is 1.50 bits per heavy atom. The first-order valence-electron chi connectivity index (χ1n) is 5.26. The molecule has 1 aromatic heterocycles. The van der Waals surface area contributed by atoms with E-state index in [4.69, 9.17) is 10.2 Å². The first-order chi connectivity index (χ1) is 7.71. The van der Waals surface area contributed by atoms with Gasteiger partial charge in [-0.2, -0.15) is 4.98 Å². The maximum atomic E-state index is 9.18. The van der Waals surface area contributed by atoms with Crippen LogP contribution in [0.1, 0.15) is 12.8 Å². The molecule has 5 heteroatoms. The number of rotatable bonds is 3. The standard InChI is InChI=1S/C11H13N3O2/c12-7-1-2-9-8(5-7)13-10(16-9)14-11(6-15)3-4-11/h1-2,5,15H,3-4,6,12H2,(H,13,14). The highest BCUT2D eigenvalue weighted by atomic mass is 16.4. The van der Waals surface area contributed by atoms with Gasteiger partial charge in [-0.15, -0.1) is 0 Å². The average Bonchev–Trinajstić information content (AvgIpc) is 2.92. The summed E-state index contributed by atoms with van der Waals surface area (Å²) in [6.07, 6.45) is 1.90. The molecule has 1 saturated carbocycles. The number of nitrogens with two attached hydrogens (primary N) is 1. The van der Waals surface area contributed by atoms with Crippen LogP contribution in [-0.2, 0) is 0 Å². The topological polar surface area (TPSA) is 84.3 Å². The van der Waals surface area contributed by atoms with Crippen LogP contribution in [0.3, 0.4) is 0 Å². The molecule has 4 N–H and O–H groups in total. The zero-order valence-electron chi connectivity index (χ0n) is 8.73. The van der Waals surface area contributed by atoms with Crippen LogP contribution in [0.25, 0.3) is 11.1 Å². The summed E-state index contributed by atoms with van der Waals surface area (Å²) < 4.78 is 5.51. The molecule has 1 aliphatic rings. The number of benzene rings is 1. The third-order valence-corrected chi connectivity index (χ3v) is 2.94. The van der Waals surface area contributed by atoms with Crippen LogP contribution in [0.2, 0.25) is 0 Å². The lowest BCUT2D eigenvalue weighted by Gasteiger charge is -2.10. The lowest BCUT2D eigenvalue weighted by Crippen LogP contribution is -2.25. The number of anilines is 2. The molecule has 0 aliphatic heterocycles. The summed E-state index contributed by atoms with van der Waals surface area (Å²) in [5.41, 5.74) is 7.54. The maximum Gasteiger partial charge on any atom is 0.296 e. The van der Waals surface area contributed by atoms with Gasteiger partial charge in [0.15, 0.2) is 5.58 Å². The second kappa shape index (κ2) is 3.12. The van der Waals surface area contributed by atoms with Gasteiger partial charge in [0.1, 0.15) is 5.52 Å². The largest absolute Gasteiger partial charge is 0.424 e. The number of oxazole rings is 1. The minimum absolute atomic E-state index is 0.105. The smallest absolute Gasteiger partial charge is 0.296 e. The Balaban J connectivity index is 1.93. The van der Waals surface area contributed by atoms with E-state index in [0.717, 1.165) is 18.4 Å². The molecular weight excluding hydrogens is 206 g/mol. The second-order valence-electron chi connectivity index (χ2n) is 4.31. The van der Waals surface area contributed by atoms with Crippen molar-refractivity contribution in [2.45, 2.75) is 18.4 Å². The van der Waals surface area contributed by atoms with Gasteiger partial charge in [0.2, 0.25) is 0 Å². The van der Waals surface area contributed by atoms with E-state index >= 15 is 0 Å². The van der Waals surface area contributed by atoms with Crippen molar-refractivity contribution in [2.75, 3.05) is 17.7 Å². The van der Waals surface area contributed by atoms with Crippen molar-refractivity contribution in [2.24, 2.45) is 0 Å². The van der Waals surface area contributed by atoms with E-state index in [1.807, 2.05) is 0 Å². The number of hydrogen-bond donors (Lipinski definition) is 3. The Labute approximate surface area is 92.3 Å². The van der Waals surface area contributed by atoms with E-state index in [9.17, 15) is 5.11 Å². The molecule has 0 bridgehead atoms. The molecule has 5 nitrogen and oxygen atoms in total. The third kappa shape index (κ3) is 1.49. The van der Waals surface area contributed by atoms with E-state index in [0.29, 0.717) is 17.3 Å². The van der Waals surface area contributed by atoms with Crippen molar-refractivity contribution in [1.82, 2.24) is 4.98 Å². The van der Waals surface area contributed by atoms with Crippen LogP contribution in [-0.4, -0.2) is 22.2 Å². The lowest BCUT2D eigenvalue weighted by atomic mass is 10.3. The van der Waals surface area contributed by atoms with E-state index in [1.165, 1.54) is 0 Å². The molecule has 2 aromatic rings. The van der Waals surface area contributed by atoms with Gasteiger partial charge >= 0.3 is 0 Å². The summed E-state index contributed by atoms with van der Waals surface area (Å²) in [4.78, 5) is 4.28. The number of aliphatic hydroxyl groups is 1. The predicted octanol–water partition coefficient (Wildman–Crippen LogP) is 1.35. The second-order valence-corrected chi connectivity index (χ2v) is 4.31. The Morgan fingerprint density at radius 3 is 3.00 bits per heavy atom. The number of nitrogens with zero attached hydrogens (tertiary/aromatic N) is 1. The lowest BCUT2D eigenvalue weighted by molar-refractivity contribution is 0.264. The fourth-order valence-electron chi connectivity index (χ4n) is 1.70. The minimum atomic E-state index is -0.216. The first-order valence-corrected chi connectivity index (χ1v) is 5.26. The fourth-order valence-corrected chi connectivity index (χ4v) is 1.70. The SMILES string of the molecule is Nc1ccc2oc(NC3(CO)CC3)nc2c1. The molecule has 1 heterocycles. The number of fused-ring (bicyclic) bond motifs is 1. The van der Waals surface area contributed by atoms with Gasteiger partial charge < -0.3 is 20.6 Å². The quantitative estimate of drug-likeness (QED) is 0.678. The highest BCUT2D eigenvalue weighted by molar-refractivity contribution is 5.78. The Morgan fingerprint density at radius 2 is 2.31 bits per heavy atom. The van der Waals surface area contributed by atoms with Crippen LogP contribution in [0.5, 0.6) is 0 Å². The molecular formula is C11H13N3O2. The van der Waals surface area contributed by atoms with Crippen LogP contribution in [0.15, 0.2) is 22.6 Å². The summed E-state index contributed by atoms with van der Waals surface area (Å²) >= 11 is 0. The van der Waals surface area contributed by atoms with Crippen molar-refractivity contribution in [3.63, 3.8) is 0 Å². The van der Waals surface area contributed by atoms with Crippen molar-refractivity contribution in [3.05, 3.63) is 18.2 Å². The molecule has 0 spiro atoms. The molecule has 0 radical (unpaired) electrons. The van der Waals surface area contributed by atoms with Crippen LogP contribution >= 0.6 is 0 Å². The number of aromatic nitrogens is 1.